The third-order valence-electron chi connectivity index (χ3n) is 2.59. The Kier molecular flexibility index (Phi) is 4.81. The zero-order valence-electron chi connectivity index (χ0n) is 12.5. The van der Waals surface area contributed by atoms with Crippen molar-refractivity contribution in [3.63, 3.8) is 0 Å². The summed E-state index contributed by atoms with van der Waals surface area (Å²) in [5.74, 6) is -0.825. The molecule has 0 aliphatic carbocycles. The molecule has 1 aliphatic rings. The van der Waals surface area contributed by atoms with Crippen LogP contribution in [0.1, 0.15) is 34.6 Å². The van der Waals surface area contributed by atoms with E-state index in [0.29, 0.717) is 0 Å². The van der Waals surface area contributed by atoms with Crippen molar-refractivity contribution in [3.05, 3.63) is 23.6 Å². The van der Waals surface area contributed by atoms with Gasteiger partial charge in [0.2, 0.25) is 0 Å². The number of hydrogen-bond acceptors (Lipinski definition) is 5. The summed E-state index contributed by atoms with van der Waals surface area (Å²) in [7, 11) is 0. The van der Waals surface area contributed by atoms with Crippen LogP contribution in [-0.4, -0.2) is 40.3 Å². The molecule has 1 heterocycles. The van der Waals surface area contributed by atoms with Crippen LogP contribution in [0.3, 0.4) is 0 Å². The lowest BCUT2D eigenvalue weighted by atomic mass is 10.1. The van der Waals surface area contributed by atoms with Crippen molar-refractivity contribution in [2.75, 3.05) is 6.61 Å². The van der Waals surface area contributed by atoms with E-state index in [2.05, 4.69) is 0 Å². The van der Waals surface area contributed by atoms with Crippen LogP contribution in [-0.2, 0) is 14.3 Å². The van der Waals surface area contributed by atoms with Crippen molar-refractivity contribution in [2.24, 2.45) is 0 Å². The van der Waals surface area contributed by atoms with Crippen molar-refractivity contribution in [2.45, 2.75) is 46.3 Å². The minimum Gasteiger partial charge on any atom is -0.509 e. The first-order valence-electron chi connectivity index (χ1n) is 6.47. The summed E-state index contributed by atoms with van der Waals surface area (Å²) < 4.78 is 10.1. The number of rotatable bonds is 2. The van der Waals surface area contributed by atoms with E-state index in [1.165, 1.54) is 17.2 Å². The van der Waals surface area contributed by atoms with Gasteiger partial charge in [-0.3, -0.25) is 4.90 Å². The molecule has 1 atom stereocenters. The van der Waals surface area contributed by atoms with Gasteiger partial charge in [0.05, 0.1) is 12.6 Å². The summed E-state index contributed by atoms with van der Waals surface area (Å²) in [5.41, 5.74) is -0.579. The summed E-state index contributed by atoms with van der Waals surface area (Å²) in [5, 5.41) is 10.0. The highest BCUT2D eigenvalue weighted by Gasteiger charge is 2.32. The molecule has 0 saturated heterocycles. The molecule has 6 nitrogen and oxygen atoms in total. The van der Waals surface area contributed by atoms with E-state index >= 15 is 0 Å². The van der Waals surface area contributed by atoms with Crippen LogP contribution in [0.5, 0.6) is 0 Å². The molecular weight excluding hydrogens is 262 g/mol. The number of carbonyl (C=O) groups is 2. The molecule has 1 rings (SSSR count). The van der Waals surface area contributed by atoms with Gasteiger partial charge in [-0.15, -0.1) is 0 Å². The van der Waals surface area contributed by atoms with E-state index in [-0.39, 0.29) is 17.9 Å². The van der Waals surface area contributed by atoms with Crippen LogP contribution in [0.2, 0.25) is 0 Å². The molecule has 0 bridgehead atoms. The van der Waals surface area contributed by atoms with Gasteiger partial charge >= 0.3 is 12.1 Å². The van der Waals surface area contributed by atoms with Crippen molar-refractivity contribution in [1.29, 1.82) is 0 Å². The van der Waals surface area contributed by atoms with Crippen LogP contribution >= 0.6 is 0 Å². The van der Waals surface area contributed by atoms with Crippen LogP contribution in [0.25, 0.3) is 0 Å². The maximum absolute atomic E-state index is 12.0. The molecule has 0 saturated carbocycles. The quantitative estimate of drug-likeness (QED) is 0.788. The maximum atomic E-state index is 12.0. The first kappa shape index (κ1) is 16.1. The van der Waals surface area contributed by atoms with Gasteiger partial charge in [-0.05, 0) is 40.7 Å². The van der Waals surface area contributed by atoms with Gasteiger partial charge in [-0.2, -0.15) is 0 Å². The van der Waals surface area contributed by atoms with Gasteiger partial charge in [0.1, 0.15) is 16.9 Å². The Morgan fingerprint density at radius 2 is 2.00 bits per heavy atom. The van der Waals surface area contributed by atoms with Crippen molar-refractivity contribution < 1.29 is 24.2 Å². The van der Waals surface area contributed by atoms with E-state index in [1.54, 1.807) is 34.6 Å². The molecule has 0 aromatic rings. The molecule has 0 unspecified atom stereocenters. The summed E-state index contributed by atoms with van der Waals surface area (Å²) in [6.07, 6.45) is 2.16. The number of aliphatic hydroxyl groups excluding tert-OH is 1. The number of aliphatic hydroxyl groups is 1. The number of esters is 1. The molecule has 0 radical (unpaired) electrons. The lowest BCUT2D eigenvalue weighted by Crippen LogP contribution is -2.41. The second-order valence-corrected chi connectivity index (χ2v) is 5.40. The minimum absolute atomic E-state index is 0.0548. The zero-order chi connectivity index (χ0) is 15.5. The fourth-order valence-corrected chi connectivity index (χ4v) is 1.64. The van der Waals surface area contributed by atoms with Crippen LogP contribution < -0.4 is 0 Å². The minimum atomic E-state index is -0.686. The second kappa shape index (κ2) is 5.98. The molecule has 112 valence electrons. The summed E-state index contributed by atoms with van der Waals surface area (Å²) in [6.45, 7) is 8.75. The Morgan fingerprint density at radius 3 is 2.50 bits per heavy atom. The standard InChI is InChI=1S/C14H21NO5/c1-6-19-12(17)10-7-8-15(9(2)11(10)16)13(18)20-14(3,4)5/h7-9,16H,6H2,1-5H3/t9-/m0/s1. The molecular formula is C14H21NO5. The largest absolute Gasteiger partial charge is 0.509 e. The van der Waals surface area contributed by atoms with Gasteiger partial charge in [0.25, 0.3) is 0 Å². The Morgan fingerprint density at radius 1 is 1.40 bits per heavy atom. The fourth-order valence-electron chi connectivity index (χ4n) is 1.64. The summed E-state index contributed by atoms with van der Waals surface area (Å²) in [4.78, 5) is 24.8. The van der Waals surface area contributed by atoms with Crippen LogP contribution in [0.4, 0.5) is 4.79 Å². The fraction of sp³-hybridized carbons (Fsp3) is 0.571. The highest BCUT2D eigenvalue weighted by atomic mass is 16.6. The SMILES string of the molecule is CCOC(=O)C1=C(O)[C@H](C)N(C(=O)OC(C)(C)C)C=C1. The monoisotopic (exact) mass is 283 g/mol. The highest BCUT2D eigenvalue weighted by Crippen LogP contribution is 2.23. The number of amides is 1. The molecule has 0 aromatic heterocycles. The predicted molar refractivity (Wildman–Crippen MR) is 73.0 cm³/mol. The highest BCUT2D eigenvalue weighted by molar-refractivity contribution is 5.93. The van der Waals surface area contributed by atoms with Crippen molar-refractivity contribution in [3.8, 4) is 0 Å². The third kappa shape index (κ3) is 3.76. The van der Waals surface area contributed by atoms with Gasteiger partial charge in [-0.25, -0.2) is 9.59 Å². The Balaban J connectivity index is 2.88. The normalized spacial score (nSPS) is 19.1. The molecule has 1 aliphatic heterocycles. The average molecular weight is 283 g/mol. The van der Waals surface area contributed by atoms with Crippen molar-refractivity contribution in [1.82, 2.24) is 4.90 Å². The van der Waals surface area contributed by atoms with Crippen molar-refractivity contribution >= 4 is 12.1 Å². The van der Waals surface area contributed by atoms with Gasteiger partial charge in [0.15, 0.2) is 0 Å². The molecule has 0 fully saturated rings. The number of ether oxygens (including phenoxy) is 2. The third-order valence-corrected chi connectivity index (χ3v) is 2.59. The Bertz CT molecular complexity index is 459. The van der Waals surface area contributed by atoms with Gasteiger partial charge in [-0.1, -0.05) is 0 Å². The number of carbonyl (C=O) groups excluding carboxylic acids is 2. The number of hydrogen-bond donors (Lipinski definition) is 1. The topological polar surface area (TPSA) is 76.1 Å². The Hall–Kier alpha value is -1.98. The van der Waals surface area contributed by atoms with E-state index in [4.69, 9.17) is 9.47 Å². The van der Waals surface area contributed by atoms with Crippen LogP contribution in [0.15, 0.2) is 23.6 Å². The van der Waals surface area contributed by atoms with E-state index in [0.717, 1.165) is 0 Å². The van der Waals surface area contributed by atoms with E-state index in [9.17, 15) is 14.7 Å². The van der Waals surface area contributed by atoms with E-state index < -0.39 is 23.7 Å². The molecule has 1 N–H and O–H groups in total. The lowest BCUT2D eigenvalue weighted by Gasteiger charge is -2.31. The van der Waals surface area contributed by atoms with Gasteiger partial charge in [0, 0.05) is 6.20 Å². The lowest BCUT2D eigenvalue weighted by molar-refractivity contribution is -0.138. The summed E-state index contributed by atoms with van der Waals surface area (Å²) in [6, 6.07) is -0.686. The second-order valence-electron chi connectivity index (χ2n) is 5.40. The first-order chi connectivity index (χ1) is 9.17. The molecule has 0 aromatic carbocycles. The number of nitrogens with zero attached hydrogens (tertiary/aromatic N) is 1. The predicted octanol–water partition coefficient (Wildman–Crippen LogP) is 2.51. The zero-order valence-corrected chi connectivity index (χ0v) is 12.5. The maximum Gasteiger partial charge on any atom is 0.415 e. The summed E-state index contributed by atoms with van der Waals surface area (Å²) >= 11 is 0. The van der Waals surface area contributed by atoms with Gasteiger partial charge < -0.3 is 14.6 Å². The molecule has 0 spiro atoms. The smallest absolute Gasteiger partial charge is 0.415 e. The molecule has 6 heteroatoms. The Labute approximate surface area is 118 Å². The molecule has 20 heavy (non-hydrogen) atoms. The van der Waals surface area contributed by atoms with Crippen LogP contribution in [0, 0.1) is 0 Å². The van der Waals surface area contributed by atoms with E-state index in [1.807, 2.05) is 0 Å². The average Bonchev–Trinajstić information content (AvgIpc) is 2.30. The first-order valence-corrected chi connectivity index (χ1v) is 6.47. The molecule has 1 amide bonds.